The number of nitrogen functional groups attached to an aromatic ring is 1. The lowest BCUT2D eigenvalue weighted by atomic mass is 10.1. The van der Waals surface area contributed by atoms with Crippen molar-refractivity contribution in [2.24, 2.45) is 0 Å². The molecule has 0 unspecified atom stereocenters. The van der Waals surface area contributed by atoms with E-state index in [-0.39, 0.29) is 5.41 Å². The molecule has 0 aliphatic heterocycles. The van der Waals surface area contributed by atoms with Crippen molar-refractivity contribution < 1.29 is 4.42 Å². The molecule has 1 saturated carbocycles. The molecule has 2 N–H and O–H groups in total. The highest BCUT2D eigenvalue weighted by Gasteiger charge is 2.43. The number of anilines is 1. The maximum atomic E-state index is 5.68. The summed E-state index contributed by atoms with van der Waals surface area (Å²) in [6.07, 6.45) is 2.35. The van der Waals surface area contributed by atoms with E-state index in [1.165, 1.54) is 12.8 Å². The van der Waals surface area contributed by atoms with Crippen molar-refractivity contribution in [3.8, 4) is 0 Å². The number of oxazole rings is 1. The Bertz CT molecular complexity index is 497. The quantitative estimate of drug-likeness (QED) is 0.699. The standard InChI is InChI=1S/C11H12N2O/c1-11(4-5-11)10-13-8-3-2-7(12)6-9(8)14-10/h2-3,6H,4-5,12H2,1H3. The first-order valence-electron chi connectivity index (χ1n) is 4.84. The van der Waals surface area contributed by atoms with Crippen LogP contribution in [-0.2, 0) is 5.41 Å². The Morgan fingerprint density at radius 2 is 2.21 bits per heavy atom. The lowest BCUT2D eigenvalue weighted by molar-refractivity contribution is 0.477. The predicted molar refractivity (Wildman–Crippen MR) is 55.0 cm³/mol. The number of rotatable bonds is 1. The normalized spacial score (nSPS) is 18.6. The van der Waals surface area contributed by atoms with E-state index in [0.29, 0.717) is 0 Å². The van der Waals surface area contributed by atoms with Crippen LogP contribution in [-0.4, -0.2) is 4.98 Å². The largest absolute Gasteiger partial charge is 0.440 e. The first kappa shape index (κ1) is 7.85. The van der Waals surface area contributed by atoms with Crippen LogP contribution in [0.2, 0.25) is 0 Å². The molecule has 14 heavy (non-hydrogen) atoms. The van der Waals surface area contributed by atoms with Gasteiger partial charge in [0, 0.05) is 17.2 Å². The summed E-state index contributed by atoms with van der Waals surface area (Å²) in [7, 11) is 0. The molecule has 1 aliphatic rings. The van der Waals surface area contributed by atoms with Crippen LogP contribution in [0.4, 0.5) is 5.69 Å². The fraction of sp³-hybridized carbons (Fsp3) is 0.364. The third kappa shape index (κ3) is 1.02. The number of hydrogen-bond donors (Lipinski definition) is 1. The van der Waals surface area contributed by atoms with Crippen LogP contribution in [0.25, 0.3) is 11.1 Å². The smallest absolute Gasteiger partial charge is 0.201 e. The van der Waals surface area contributed by atoms with Gasteiger partial charge in [0.15, 0.2) is 5.58 Å². The van der Waals surface area contributed by atoms with Crippen LogP contribution in [0.3, 0.4) is 0 Å². The second-order valence-corrected chi connectivity index (χ2v) is 4.31. The summed E-state index contributed by atoms with van der Waals surface area (Å²) in [6.45, 7) is 2.18. The Balaban J connectivity index is 2.20. The summed E-state index contributed by atoms with van der Waals surface area (Å²) in [5, 5.41) is 0. The number of benzene rings is 1. The first-order valence-corrected chi connectivity index (χ1v) is 4.84. The molecule has 1 aromatic heterocycles. The maximum Gasteiger partial charge on any atom is 0.201 e. The van der Waals surface area contributed by atoms with Crippen molar-refractivity contribution >= 4 is 16.8 Å². The summed E-state index contributed by atoms with van der Waals surface area (Å²) in [4.78, 5) is 4.47. The van der Waals surface area contributed by atoms with Crippen molar-refractivity contribution in [1.29, 1.82) is 0 Å². The molecule has 1 fully saturated rings. The zero-order valence-corrected chi connectivity index (χ0v) is 8.08. The Labute approximate surface area is 81.9 Å². The van der Waals surface area contributed by atoms with Gasteiger partial charge < -0.3 is 10.2 Å². The molecular formula is C11H12N2O. The second-order valence-electron chi connectivity index (χ2n) is 4.31. The second kappa shape index (κ2) is 2.29. The third-order valence-electron chi connectivity index (χ3n) is 2.93. The van der Waals surface area contributed by atoms with E-state index in [1.54, 1.807) is 0 Å². The van der Waals surface area contributed by atoms with Crippen LogP contribution in [0, 0.1) is 0 Å². The van der Waals surface area contributed by atoms with E-state index in [4.69, 9.17) is 10.2 Å². The van der Waals surface area contributed by atoms with Gasteiger partial charge in [-0.3, -0.25) is 0 Å². The SMILES string of the molecule is CC1(c2nc3ccc(N)cc3o2)CC1. The third-order valence-corrected chi connectivity index (χ3v) is 2.93. The summed E-state index contributed by atoms with van der Waals surface area (Å²) >= 11 is 0. The Morgan fingerprint density at radius 1 is 1.43 bits per heavy atom. The number of fused-ring (bicyclic) bond motifs is 1. The van der Waals surface area contributed by atoms with Gasteiger partial charge >= 0.3 is 0 Å². The highest BCUT2D eigenvalue weighted by molar-refractivity contribution is 5.76. The van der Waals surface area contributed by atoms with E-state index in [9.17, 15) is 0 Å². The van der Waals surface area contributed by atoms with Crippen LogP contribution in [0.15, 0.2) is 22.6 Å². The zero-order valence-electron chi connectivity index (χ0n) is 8.08. The van der Waals surface area contributed by atoms with Crippen molar-refractivity contribution in [2.45, 2.75) is 25.2 Å². The van der Waals surface area contributed by atoms with Crippen LogP contribution in [0.1, 0.15) is 25.7 Å². The zero-order chi connectivity index (χ0) is 9.76. The molecular weight excluding hydrogens is 176 g/mol. The minimum atomic E-state index is 0.188. The van der Waals surface area contributed by atoms with E-state index >= 15 is 0 Å². The number of aromatic nitrogens is 1. The van der Waals surface area contributed by atoms with Crippen molar-refractivity contribution in [3.63, 3.8) is 0 Å². The van der Waals surface area contributed by atoms with Gasteiger partial charge in [0.25, 0.3) is 0 Å². The molecule has 0 atom stereocenters. The van der Waals surface area contributed by atoms with E-state index in [1.807, 2.05) is 18.2 Å². The van der Waals surface area contributed by atoms with Crippen LogP contribution in [0.5, 0.6) is 0 Å². The van der Waals surface area contributed by atoms with Crippen molar-refractivity contribution in [2.75, 3.05) is 5.73 Å². The Morgan fingerprint density at radius 3 is 2.93 bits per heavy atom. The average molecular weight is 188 g/mol. The van der Waals surface area contributed by atoms with E-state index in [2.05, 4.69) is 11.9 Å². The van der Waals surface area contributed by atoms with Gasteiger partial charge in [-0.2, -0.15) is 0 Å². The monoisotopic (exact) mass is 188 g/mol. The summed E-state index contributed by atoms with van der Waals surface area (Å²) in [6, 6.07) is 5.59. The molecule has 1 aromatic carbocycles. The van der Waals surface area contributed by atoms with Gasteiger partial charge in [0.1, 0.15) is 5.52 Å². The molecule has 3 heteroatoms. The maximum absolute atomic E-state index is 5.68. The molecule has 0 spiro atoms. The molecule has 0 radical (unpaired) electrons. The number of nitrogens with zero attached hydrogens (tertiary/aromatic N) is 1. The van der Waals surface area contributed by atoms with E-state index < -0.39 is 0 Å². The minimum absolute atomic E-state index is 0.188. The van der Waals surface area contributed by atoms with E-state index in [0.717, 1.165) is 22.7 Å². The highest BCUT2D eigenvalue weighted by Crippen LogP contribution is 2.47. The Hall–Kier alpha value is -1.51. The van der Waals surface area contributed by atoms with Crippen molar-refractivity contribution in [1.82, 2.24) is 4.98 Å². The summed E-state index contributed by atoms with van der Waals surface area (Å²) < 4.78 is 5.68. The molecule has 1 aliphatic carbocycles. The molecule has 3 rings (SSSR count). The van der Waals surface area contributed by atoms with Crippen LogP contribution >= 0.6 is 0 Å². The van der Waals surface area contributed by atoms with Gasteiger partial charge in [-0.1, -0.05) is 6.92 Å². The molecule has 0 saturated heterocycles. The fourth-order valence-electron chi connectivity index (χ4n) is 1.60. The number of nitrogens with two attached hydrogens (primary N) is 1. The van der Waals surface area contributed by atoms with Gasteiger partial charge in [-0.25, -0.2) is 4.98 Å². The molecule has 0 bridgehead atoms. The molecule has 2 aromatic rings. The van der Waals surface area contributed by atoms with Gasteiger partial charge in [0.2, 0.25) is 5.89 Å². The summed E-state index contributed by atoms with van der Waals surface area (Å²) in [5.41, 5.74) is 8.29. The average Bonchev–Trinajstić information content (AvgIpc) is 2.77. The number of hydrogen-bond acceptors (Lipinski definition) is 3. The molecule has 72 valence electrons. The molecule has 3 nitrogen and oxygen atoms in total. The Kier molecular flexibility index (Phi) is 1.29. The predicted octanol–water partition coefficient (Wildman–Crippen LogP) is 2.46. The van der Waals surface area contributed by atoms with Gasteiger partial charge in [-0.15, -0.1) is 0 Å². The molecule has 1 heterocycles. The fourth-order valence-corrected chi connectivity index (χ4v) is 1.60. The highest BCUT2D eigenvalue weighted by atomic mass is 16.3. The molecule has 0 amide bonds. The van der Waals surface area contributed by atoms with Crippen molar-refractivity contribution in [3.05, 3.63) is 24.1 Å². The lowest BCUT2D eigenvalue weighted by Gasteiger charge is -1.98. The lowest BCUT2D eigenvalue weighted by Crippen LogP contribution is -1.98. The van der Waals surface area contributed by atoms with Gasteiger partial charge in [-0.05, 0) is 25.0 Å². The van der Waals surface area contributed by atoms with Gasteiger partial charge in [0.05, 0.1) is 0 Å². The first-order chi connectivity index (χ1) is 6.67. The minimum Gasteiger partial charge on any atom is -0.440 e. The van der Waals surface area contributed by atoms with Crippen LogP contribution < -0.4 is 5.73 Å². The summed E-state index contributed by atoms with van der Waals surface area (Å²) in [5.74, 6) is 0.859. The topological polar surface area (TPSA) is 52.0 Å².